The van der Waals surface area contributed by atoms with E-state index in [1.54, 1.807) is 11.3 Å². The van der Waals surface area contributed by atoms with Crippen LogP contribution in [0, 0.1) is 5.82 Å². The van der Waals surface area contributed by atoms with Crippen molar-refractivity contribution in [1.29, 1.82) is 0 Å². The summed E-state index contributed by atoms with van der Waals surface area (Å²) in [7, 11) is 0. The smallest absolute Gasteiger partial charge is 0.229 e. The summed E-state index contributed by atoms with van der Waals surface area (Å²) in [5, 5.41) is 11.2. The maximum atomic E-state index is 13.0. The van der Waals surface area contributed by atoms with E-state index < -0.39 is 5.82 Å². The normalized spacial score (nSPS) is 19.1. The van der Waals surface area contributed by atoms with Crippen LogP contribution in [0.2, 0.25) is 0 Å². The standard InChI is InChI=1S/C16H16FN7OS/c17-9-5-18-15(19-6-9)22-16-21-13-11-7-20-23-14(11)24(3-1-12(13)26-16)10-2-4-25-8-10/h5-7,10H,1-4,8H2,(H,20,23)(H,18,19,21,22). The number of halogens is 1. The van der Waals surface area contributed by atoms with Crippen molar-refractivity contribution in [3.05, 3.63) is 29.3 Å². The molecular formula is C16H16FN7OS. The van der Waals surface area contributed by atoms with Crippen molar-refractivity contribution in [1.82, 2.24) is 25.1 Å². The number of fused-ring (bicyclic) bond motifs is 3. The van der Waals surface area contributed by atoms with E-state index in [1.807, 2.05) is 6.20 Å². The largest absolute Gasteiger partial charge is 0.379 e. The quantitative estimate of drug-likeness (QED) is 0.728. The average Bonchev–Trinajstić information content (AvgIpc) is 3.38. The molecule has 26 heavy (non-hydrogen) atoms. The SMILES string of the molecule is Fc1cnc(Nc2nc3c(s2)CCN(C2CCOC2)c2n[nH]cc2-3)nc1. The Morgan fingerprint density at radius 2 is 2.23 bits per heavy atom. The molecule has 3 aromatic rings. The van der Waals surface area contributed by atoms with Crippen LogP contribution >= 0.6 is 11.3 Å². The fourth-order valence-corrected chi connectivity index (χ4v) is 4.34. The minimum Gasteiger partial charge on any atom is -0.379 e. The monoisotopic (exact) mass is 373 g/mol. The number of nitrogens with one attached hydrogen (secondary N) is 2. The highest BCUT2D eigenvalue weighted by Crippen LogP contribution is 2.40. The summed E-state index contributed by atoms with van der Waals surface area (Å²) in [6.45, 7) is 2.41. The maximum Gasteiger partial charge on any atom is 0.229 e. The van der Waals surface area contributed by atoms with E-state index in [4.69, 9.17) is 9.72 Å². The van der Waals surface area contributed by atoms with Crippen molar-refractivity contribution in [2.75, 3.05) is 30.0 Å². The van der Waals surface area contributed by atoms with Gasteiger partial charge in [-0.05, 0) is 6.42 Å². The van der Waals surface area contributed by atoms with Crippen molar-refractivity contribution in [3.63, 3.8) is 0 Å². The second kappa shape index (κ2) is 6.29. The third kappa shape index (κ3) is 2.71. The molecule has 8 nitrogen and oxygen atoms in total. The Labute approximate surface area is 152 Å². The number of rotatable bonds is 3. The molecule has 0 aromatic carbocycles. The van der Waals surface area contributed by atoms with Gasteiger partial charge in [0, 0.05) is 30.6 Å². The molecule has 0 bridgehead atoms. The van der Waals surface area contributed by atoms with Crippen molar-refractivity contribution < 1.29 is 9.13 Å². The summed E-state index contributed by atoms with van der Waals surface area (Å²) in [4.78, 5) is 16.1. The highest BCUT2D eigenvalue weighted by Gasteiger charge is 2.31. The van der Waals surface area contributed by atoms with Crippen LogP contribution in [-0.2, 0) is 11.2 Å². The summed E-state index contributed by atoms with van der Waals surface area (Å²) in [5.74, 6) is 0.783. The van der Waals surface area contributed by atoms with E-state index in [9.17, 15) is 4.39 Å². The first-order valence-corrected chi connectivity index (χ1v) is 9.22. The molecule has 2 N–H and O–H groups in total. The minimum absolute atomic E-state index is 0.326. The van der Waals surface area contributed by atoms with Crippen molar-refractivity contribution in [2.24, 2.45) is 0 Å². The molecule has 2 aliphatic heterocycles. The number of ether oxygens (including phenoxy) is 1. The van der Waals surface area contributed by atoms with Gasteiger partial charge in [-0.25, -0.2) is 19.3 Å². The molecular weight excluding hydrogens is 357 g/mol. The molecule has 5 heterocycles. The number of H-pyrrole nitrogens is 1. The Balaban J connectivity index is 1.46. The van der Waals surface area contributed by atoms with Gasteiger partial charge in [0.25, 0.3) is 0 Å². The van der Waals surface area contributed by atoms with Gasteiger partial charge in [-0.15, -0.1) is 11.3 Å². The Morgan fingerprint density at radius 3 is 3.04 bits per heavy atom. The van der Waals surface area contributed by atoms with Gasteiger partial charge in [0.2, 0.25) is 5.95 Å². The number of aromatic amines is 1. The molecule has 5 rings (SSSR count). The molecule has 0 radical (unpaired) electrons. The number of aromatic nitrogens is 5. The van der Waals surface area contributed by atoms with Crippen LogP contribution in [0.5, 0.6) is 0 Å². The van der Waals surface area contributed by atoms with E-state index in [1.165, 1.54) is 4.88 Å². The predicted molar refractivity (Wildman–Crippen MR) is 95.2 cm³/mol. The third-order valence-electron chi connectivity index (χ3n) is 4.61. The molecule has 0 aliphatic carbocycles. The van der Waals surface area contributed by atoms with Gasteiger partial charge in [-0.2, -0.15) is 5.10 Å². The lowest BCUT2D eigenvalue weighted by molar-refractivity contribution is 0.193. The fraction of sp³-hybridized carbons (Fsp3) is 0.375. The number of nitrogens with zero attached hydrogens (tertiary/aromatic N) is 5. The number of thiazole rings is 1. The van der Waals surface area contributed by atoms with Gasteiger partial charge in [0.05, 0.1) is 36.3 Å². The average molecular weight is 373 g/mol. The Kier molecular flexibility index (Phi) is 3.79. The van der Waals surface area contributed by atoms with Gasteiger partial charge in [0.1, 0.15) is 0 Å². The van der Waals surface area contributed by atoms with Crippen molar-refractivity contribution >= 4 is 28.2 Å². The first kappa shape index (κ1) is 15.6. The van der Waals surface area contributed by atoms with Gasteiger partial charge in [-0.3, -0.25) is 5.10 Å². The number of hydrogen-bond donors (Lipinski definition) is 2. The van der Waals surface area contributed by atoms with Crippen LogP contribution in [0.25, 0.3) is 11.3 Å². The van der Waals surface area contributed by atoms with Crippen LogP contribution in [0.1, 0.15) is 11.3 Å². The number of anilines is 3. The second-order valence-electron chi connectivity index (χ2n) is 6.22. The highest BCUT2D eigenvalue weighted by atomic mass is 32.1. The fourth-order valence-electron chi connectivity index (χ4n) is 3.38. The van der Waals surface area contributed by atoms with E-state index in [0.717, 1.165) is 62.1 Å². The molecule has 0 spiro atoms. The molecule has 1 fully saturated rings. The summed E-state index contributed by atoms with van der Waals surface area (Å²) in [6.07, 6.45) is 6.04. The first-order chi connectivity index (χ1) is 12.8. The van der Waals surface area contributed by atoms with Crippen LogP contribution in [0.4, 0.5) is 21.3 Å². The van der Waals surface area contributed by atoms with Gasteiger partial charge in [-0.1, -0.05) is 0 Å². The van der Waals surface area contributed by atoms with Crippen LogP contribution in [0.3, 0.4) is 0 Å². The molecule has 0 amide bonds. The molecule has 1 saturated heterocycles. The molecule has 0 saturated carbocycles. The van der Waals surface area contributed by atoms with Gasteiger partial charge >= 0.3 is 0 Å². The third-order valence-corrected chi connectivity index (χ3v) is 5.64. The molecule has 134 valence electrons. The zero-order valence-electron chi connectivity index (χ0n) is 13.8. The molecule has 1 atom stereocenters. The van der Waals surface area contributed by atoms with E-state index in [-0.39, 0.29) is 0 Å². The topological polar surface area (TPSA) is 91.9 Å². The summed E-state index contributed by atoms with van der Waals surface area (Å²) in [5.41, 5.74) is 1.92. The van der Waals surface area contributed by atoms with Crippen LogP contribution in [-0.4, -0.2) is 50.9 Å². The van der Waals surface area contributed by atoms with Gasteiger partial charge < -0.3 is 15.0 Å². The van der Waals surface area contributed by atoms with Crippen molar-refractivity contribution in [3.8, 4) is 11.3 Å². The van der Waals surface area contributed by atoms with Gasteiger partial charge in [0.15, 0.2) is 16.8 Å². The molecule has 2 aliphatic rings. The first-order valence-electron chi connectivity index (χ1n) is 8.41. The zero-order chi connectivity index (χ0) is 17.5. The van der Waals surface area contributed by atoms with Crippen molar-refractivity contribution in [2.45, 2.75) is 18.9 Å². The maximum absolute atomic E-state index is 13.0. The lowest BCUT2D eigenvalue weighted by atomic mass is 10.2. The summed E-state index contributed by atoms with van der Waals surface area (Å²) in [6, 6.07) is 0.358. The molecule has 10 heteroatoms. The molecule has 3 aromatic heterocycles. The van der Waals surface area contributed by atoms with E-state index in [2.05, 4.69) is 30.4 Å². The van der Waals surface area contributed by atoms with Crippen LogP contribution < -0.4 is 10.2 Å². The Bertz CT molecular complexity index is 919. The predicted octanol–water partition coefficient (Wildman–Crippen LogP) is 2.36. The van der Waals surface area contributed by atoms with E-state index in [0.29, 0.717) is 17.1 Å². The number of hydrogen-bond acceptors (Lipinski definition) is 8. The zero-order valence-corrected chi connectivity index (χ0v) is 14.6. The summed E-state index contributed by atoms with van der Waals surface area (Å²) < 4.78 is 18.5. The highest BCUT2D eigenvalue weighted by molar-refractivity contribution is 7.16. The second-order valence-corrected chi connectivity index (χ2v) is 7.31. The molecule has 1 unspecified atom stereocenters. The Morgan fingerprint density at radius 1 is 1.35 bits per heavy atom. The minimum atomic E-state index is -0.468. The lowest BCUT2D eigenvalue weighted by Gasteiger charge is -2.27. The lowest BCUT2D eigenvalue weighted by Crippen LogP contribution is -2.37. The Hall–Kier alpha value is -2.59. The summed E-state index contributed by atoms with van der Waals surface area (Å²) >= 11 is 1.56. The van der Waals surface area contributed by atoms with Crippen LogP contribution in [0.15, 0.2) is 18.6 Å². The van der Waals surface area contributed by atoms with E-state index >= 15 is 0 Å².